The fourth-order valence-corrected chi connectivity index (χ4v) is 1.96. The Bertz CT molecular complexity index is 608. The minimum absolute atomic E-state index is 0.0572. The van der Waals surface area contributed by atoms with Crippen LogP contribution in [0.3, 0.4) is 0 Å². The molecular formula is C13H13BrN2O2. The van der Waals surface area contributed by atoms with Gasteiger partial charge in [0.05, 0.1) is 0 Å². The monoisotopic (exact) mass is 308 g/mol. The average molecular weight is 309 g/mol. The first-order valence-corrected chi connectivity index (χ1v) is 6.38. The number of benzene rings is 1. The van der Waals surface area contributed by atoms with Gasteiger partial charge >= 0.3 is 5.56 Å². The number of nitrogens with one attached hydrogen (secondary N) is 1. The molecule has 0 atom stereocenters. The molecular weight excluding hydrogens is 296 g/mol. The molecule has 1 heterocycles. The number of H-pyrrole nitrogens is 1. The first kappa shape index (κ1) is 12.8. The number of rotatable bonds is 3. The van der Waals surface area contributed by atoms with Crippen LogP contribution in [0.5, 0.6) is 11.6 Å². The molecule has 0 aliphatic heterocycles. The van der Waals surface area contributed by atoms with E-state index < -0.39 is 0 Å². The van der Waals surface area contributed by atoms with Gasteiger partial charge in [0.25, 0.3) is 5.88 Å². The Kier molecular flexibility index (Phi) is 3.81. The van der Waals surface area contributed by atoms with Crippen LogP contribution >= 0.6 is 15.9 Å². The van der Waals surface area contributed by atoms with Crippen molar-refractivity contribution >= 4 is 15.9 Å². The van der Waals surface area contributed by atoms with Crippen LogP contribution in [-0.4, -0.2) is 9.97 Å². The second-order valence-corrected chi connectivity index (χ2v) is 5.08. The van der Waals surface area contributed by atoms with Crippen LogP contribution in [0, 0.1) is 0 Å². The zero-order valence-corrected chi connectivity index (χ0v) is 11.7. The van der Waals surface area contributed by atoms with Crippen molar-refractivity contribution in [2.45, 2.75) is 19.8 Å². The second kappa shape index (κ2) is 5.35. The Hall–Kier alpha value is -1.62. The first-order valence-electron chi connectivity index (χ1n) is 5.59. The SMILES string of the molecule is CC(C)c1cc(Br)ccc1Oc1ncc[nH]c1=O. The molecule has 1 N–H and O–H groups in total. The van der Waals surface area contributed by atoms with Gasteiger partial charge in [-0.05, 0) is 29.7 Å². The molecule has 0 amide bonds. The van der Waals surface area contributed by atoms with Crippen molar-refractivity contribution in [2.24, 2.45) is 0 Å². The first-order chi connectivity index (χ1) is 8.58. The Morgan fingerprint density at radius 2 is 2.17 bits per heavy atom. The maximum atomic E-state index is 11.5. The van der Waals surface area contributed by atoms with Crippen molar-refractivity contribution in [2.75, 3.05) is 0 Å². The predicted octanol–water partition coefficient (Wildman–Crippen LogP) is 3.45. The van der Waals surface area contributed by atoms with Gasteiger partial charge in [0.15, 0.2) is 0 Å². The molecule has 2 aromatic rings. The van der Waals surface area contributed by atoms with E-state index in [4.69, 9.17) is 4.74 Å². The standard InChI is InChI=1S/C13H13BrN2O2/c1-8(2)10-7-9(14)3-4-11(10)18-13-12(17)15-5-6-16-13/h3-8H,1-2H3,(H,15,17). The molecule has 0 bridgehead atoms. The summed E-state index contributed by atoms with van der Waals surface area (Å²) in [4.78, 5) is 18.0. The van der Waals surface area contributed by atoms with E-state index in [0.717, 1.165) is 10.0 Å². The molecule has 0 aliphatic rings. The van der Waals surface area contributed by atoms with Gasteiger partial charge in [-0.1, -0.05) is 29.8 Å². The summed E-state index contributed by atoms with van der Waals surface area (Å²) < 4.78 is 6.56. The number of nitrogens with zero attached hydrogens (tertiary/aromatic N) is 1. The van der Waals surface area contributed by atoms with Gasteiger partial charge in [-0.25, -0.2) is 4.98 Å². The predicted molar refractivity (Wildman–Crippen MR) is 73.2 cm³/mol. The van der Waals surface area contributed by atoms with E-state index >= 15 is 0 Å². The van der Waals surface area contributed by atoms with Gasteiger partial charge in [-0.15, -0.1) is 0 Å². The van der Waals surface area contributed by atoms with Gasteiger partial charge < -0.3 is 9.72 Å². The molecule has 0 radical (unpaired) electrons. The lowest BCUT2D eigenvalue weighted by Crippen LogP contribution is -2.10. The summed E-state index contributed by atoms with van der Waals surface area (Å²) in [6.07, 6.45) is 2.96. The van der Waals surface area contributed by atoms with Crippen LogP contribution in [0.2, 0.25) is 0 Å². The summed E-state index contributed by atoms with van der Waals surface area (Å²) in [5, 5.41) is 0. The number of hydrogen-bond acceptors (Lipinski definition) is 3. The zero-order valence-electron chi connectivity index (χ0n) is 10.1. The highest BCUT2D eigenvalue weighted by Crippen LogP contribution is 2.31. The summed E-state index contributed by atoms with van der Waals surface area (Å²) in [7, 11) is 0. The Morgan fingerprint density at radius 3 is 2.83 bits per heavy atom. The average Bonchev–Trinajstić information content (AvgIpc) is 2.34. The van der Waals surface area contributed by atoms with E-state index in [-0.39, 0.29) is 11.4 Å². The Balaban J connectivity index is 2.41. The lowest BCUT2D eigenvalue weighted by atomic mass is 10.0. The molecule has 4 nitrogen and oxygen atoms in total. The molecule has 18 heavy (non-hydrogen) atoms. The van der Waals surface area contributed by atoms with Crippen molar-refractivity contribution in [1.29, 1.82) is 0 Å². The fraction of sp³-hybridized carbons (Fsp3) is 0.231. The number of halogens is 1. The molecule has 94 valence electrons. The largest absolute Gasteiger partial charge is 0.434 e. The lowest BCUT2D eigenvalue weighted by Gasteiger charge is -2.13. The summed E-state index contributed by atoms with van der Waals surface area (Å²) in [5.74, 6) is 0.999. The van der Waals surface area contributed by atoms with Crippen LogP contribution < -0.4 is 10.3 Å². The topological polar surface area (TPSA) is 55.0 Å². The summed E-state index contributed by atoms with van der Waals surface area (Å²) in [6, 6.07) is 5.68. The van der Waals surface area contributed by atoms with Crippen molar-refractivity contribution in [1.82, 2.24) is 9.97 Å². The molecule has 5 heteroatoms. The Morgan fingerprint density at radius 1 is 1.39 bits per heavy atom. The molecule has 1 aromatic carbocycles. The highest BCUT2D eigenvalue weighted by molar-refractivity contribution is 9.10. The highest BCUT2D eigenvalue weighted by atomic mass is 79.9. The quantitative estimate of drug-likeness (QED) is 0.945. The molecule has 0 saturated carbocycles. The fourth-order valence-electron chi connectivity index (χ4n) is 1.58. The van der Waals surface area contributed by atoms with E-state index in [2.05, 4.69) is 39.7 Å². The third-order valence-electron chi connectivity index (χ3n) is 2.48. The number of aromatic nitrogens is 2. The lowest BCUT2D eigenvalue weighted by molar-refractivity contribution is 0.446. The number of aromatic amines is 1. The van der Waals surface area contributed by atoms with Gasteiger partial charge in [-0.2, -0.15) is 0 Å². The Labute approximate surface area is 113 Å². The molecule has 0 unspecified atom stereocenters. The van der Waals surface area contributed by atoms with Crippen LogP contribution in [-0.2, 0) is 0 Å². The van der Waals surface area contributed by atoms with Crippen molar-refractivity contribution in [3.05, 3.63) is 51.0 Å². The maximum absolute atomic E-state index is 11.5. The number of hydrogen-bond donors (Lipinski definition) is 1. The molecule has 2 rings (SSSR count). The van der Waals surface area contributed by atoms with Crippen LogP contribution in [0.4, 0.5) is 0 Å². The van der Waals surface area contributed by atoms with Gasteiger partial charge in [0.2, 0.25) is 0 Å². The van der Waals surface area contributed by atoms with E-state index in [0.29, 0.717) is 11.7 Å². The molecule has 0 aliphatic carbocycles. The van der Waals surface area contributed by atoms with Crippen LogP contribution in [0.1, 0.15) is 25.3 Å². The van der Waals surface area contributed by atoms with Crippen LogP contribution in [0.15, 0.2) is 39.9 Å². The van der Waals surface area contributed by atoms with Gasteiger partial charge in [-0.3, -0.25) is 4.79 Å². The van der Waals surface area contributed by atoms with E-state index in [9.17, 15) is 4.79 Å². The molecule has 0 spiro atoms. The maximum Gasteiger partial charge on any atom is 0.311 e. The smallest absolute Gasteiger partial charge is 0.311 e. The second-order valence-electron chi connectivity index (χ2n) is 4.16. The minimum Gasteiger partial charge on any atom is -0.434 e. The highest BCUT2D eigenvalue weighted by Gasteiger charge is 2.11. The van der Waals surface area contributed by atoms with Gasteiger partial charge in [0, 0.05) is 16.9 Å². The summed E-state index contributed by atoms with van der Waals surface area (Å²) in [6.45, 7) is 4.13. The molecule has 1 aromatic heterocycles. The third kappa shape index (κ3) is 2.79. The van der Waals surface area contributed by atoms with E-state index in [1.54, 1.807) is 0 Å². The normalized spacial score (nSPS) is 10.7. The third-order valence-corrected chi connectivity index (χ3v) is 2.97. The molecule has 0 saturated heterocycles. The minimum atomic E-state index is -0.338. The van der Waals surface area contributed by atoms with E-state index in [1.807, 2.05) is 18.2 Å². The zero-order chi connectivity index (χ0) is 13.1. The number of ether oxygens (including phenoxy) is 1. The molecule has 0 fully saturated rings. The van der Waals surface area contributed by atoms with Crippen LogP contribution in [0.25, 0.3) is 0 Å². The summed E-state index contributed by atoms with van der Waals surface area (Å²) in [5.41, 5.74) is 0.685. The van der Waals surface area contributed by atoms with Crippen molar-refractivity contribution in [3.63, 3.8) is 0 Å². The van der Waals surface area contributed by atoms with Crippen molar-refractivity contribution < 1.29 is 4.74 Å². The van der Waals surface area contributed by atoms with Crippen molar-refractivity contribution in [3.8, 4) is 11.6 Å². The van der Waals surface area contributed by atoms with Gasteiger partial charge in [0.1, 0.15) is 5.75 Å². The summed E-state index contributed by atoms with van der Waals surface area (Å²) >= 11 is 3.43. The van der Waals surface area contributed by atoms with E-state index in [1.165, 1.54) is 12.4 Å².